The van der Waals surface area contributed by atoms with E-state index in [0.29, 0.717) is 24.1 Å². The van der Waals surface area contributed by atoms with Crippen LogP contribution in [0.2, 0.25) is 0 Å². The van der Waals surface area contributed by atoms with Crippen molar-refractivity contribution in [3.63, 3.8) is 0 Å². The lowest BCUT2D eigenvalue weighted by Crippen LogP contribution is -2.62. The molecule has 12 heteroatoms. The van der Waals surface area contributed by atoms with Crippen molar-refractivity contribution in [2.24, 2.45) is 5.73 Å². The smallest absolute Gasteiger partial charge is 0.347 e. The van der Waals surface area contributed by atoms with Gasteiger partial charge in [0.25, 0.3) is 11.5 Å². The summed E-state index contributed by atoms with van der Waals surface area (Å²) in [6.07, 6.45) is 1.53. The van der Waals surface area contributed by atoms with Crippen molar-refractivity contribution in [1.82, 2.24) is 10.6 Å². The molecule has 0 aliphatic carbocycles. The van der Waals surface area contributed by atoms with Crippen LogP contribution in [0.1, 0.15) is 12.0 Å². The van der Waals surface area contributed by atoms with Crippen LogP contribution in [-0.2, 0) is 35.7 Å². The van der Waals surface area contributed by atoms with Crippen molar-refractivity contribution in [2.75, 3.05) is 26.0 Å². The summed E-state index contributed by atoms with van der Waals surface area (Å²) in [6.45, 7) is 0.333. The second-order valence-electron chi connectivity index (χ2n) is 8.16. The van der Waals surface area contributed by atoms with Crippen LogP contribution in [0.5, 0.6) is 5.75 Å². The molecule has 11 nitrogen and oxygen atoms in total. The lowest BCUT2D eigenvalue weighted by Gasteiger charge is -2.28. The number of nitrogens with two attached hydrogens (primary N) is 1. The van der Waals surface area contributed by atoms with Crippen molar-refractivity contribution in [1.29, 1.82) is 0 Å². The minimum atomic E-state index is -3.66. The normalized spacial score (nSPS) is 19.2. The SMILES string of the molecule is CS(=O)(=O)Oc1cccc(-c2ccc(C[C@H](NC(=O)[C@]3(C(=O)O)CNCCCO3)C(N)=O)cc2)c1. The van der Waals surface area contributed by atoms with Gasteiger partial charge in [0.15, 0.2) is 0 Å². The minimum Gasteiger partial charge on any atom is -0.479 e. The maximum atomic E-state index is 12.9. The fourth-order valence-corrected chi connectivity index (χ4v) is 4.06. The van der Waals surface area contributed by atoms with E-state index in [4.69, 9.17) is 14.7 Å². The fraction of sp³-hybridized carbons (Fsp3) is 0.348. The molecule has 3 rings (SSSR count). The number of ether oxygens (including phenoxy) is 1. The Bertz CT molecular complexity index is 1190. The Balaban J connectivity index is 1.74. The molecule has 1 heterocycles. The number of aliphatic carboxylic acids is 1. The number of benzene rings is 2. The first-order valence-electron chi connectivity index (χ1n) is 10.8. The summed E-state index contributed by atoms with van der Waals surface area (Å²) in [5.41, 5.74) is 5.45. The van der Waals surface area contributed by atoms with E-state index in [1.54, 1.807) is 42.5 Å². The van der Waals surface area contributed by atoms with Gasteiger partial charge in [-0.05, 0) is 41.8 Å². The van der Waals surface area contributed by atoms with Crippen LogP contribution < -0.4 is 20.6 Å². The number of primary amides is 1. The van der Waals surface area contributed by atoms with Crippen molar-refractivity contribution < 1.29 is 36.8 Å². The third-order valence-electron chi connectivity index (χ3n) is 5.39. The van der Waals surface area contributed by atoms with E-state index in [2.05, 4.69) is 10.6 Å². The molecule has 1 aliphatic rings. The molecule has 2 aromatic rings. The van der Waals surface area contributed by atoms with Gasteiger partial charge in [-0.15, -0.1) is 0 Å². The van der Waals surface area contributed by atoms with Gasteiger partial charge in [0.2, 0.25) is 5.91 Å². The molecule has 0 unspecified atom stereocenters. The van der Waals surface area contributed by atoms with Gasteiger partial charge >= 0.3 is 16.1 Å². The number of hydrogen-bond acceptors (Lipinski definition) is 8. The molecular formula is C23H27N3O8S. The molecule has 0 saturated carbocycles. The van der Waals surface area contributed by atoms with Crippen LogP contribution in [0.4, 0.5) is 0 Å². The Morgan fingerprint density at radius 1 is 1.20 bits per heavy atom. The van der Waals surface area contributed by atoms with E-state index in [9.17, 15) is 27.9 Å². The monoisotopic (exact) mass is 505 g/mol. The van der Waals surface area contributed by atoms with Gasteiger partial charge in [-0.1, -0.05) is 36.4 Å². The zero-order valence-corrected chi connectivity index (χ0v) is 19.8. The summed E-state index contributed by atoms with van der Waals surface area (Å²) in [4.78, 5) is 36.8. The second-order valence-corrected chi connectivity index (χ2v) is 9.73. The van der Waals surface area contributed by atoms with Crippen LogP contribution in [0, 0.1) is 0 Å². The van der Waals surface area contributed by atoms with Gasteiger partial charge < -0.3 is 30.4 Å². The zero-order valence-electron chi connectivity index (χ0n) is 19.0. The highest BCUT2D eigenvalue weighted by atomic mass is 32.2. The molecule has 2 aromatic carbocycles. The van der Waals surface area contributed by atoms with Crippen LogP contribution >= 0.6 is 0 Å². The average Bonchev–Trinajstić information content (AvgIpc) is 3.05. The van der Waals surface area contributed by atoms with Crippen LogP contribution in [0.15, 0.2) is 48.5 Å². The number of carbonyl (C=O) groups excluding carboxylic acids is 2. The summed E-state index contributed by atoms with van der Waals surface area (Å²) < 4.78 is 33.0. The van der Waals surface area contributed by atoms with Crippen molar-refractivity contribution >= 4 is 27.9 Å². The van der Waals surface area contributed by atoms with Crippen molar-refractivity contribution in [3.05, 3.63) is 54.1 Å². The summed E-state index contributed by atoms with van der Waals surface area (Å²) in [5.74, 6) is -3.06. The molecular weight excluding hydrogens is 478 g/mol. The Hall–Kier alpha value is -3.48. The van der Waals surface area contributed by atoms with Gasteiger partial charge in [-0.3, -0.25) is 9.59 Å². The minimum absolute atomic E-state index is 0.0295. The molecule has 0 spiro atoms. The molecule has 35 heavy (non-hydrogen) atoms. The number of amides is 2. The summed E-state index contributed by atoms with van der Waals surface area (Å²) in [7, 11) is -3.66. The number of nitrogens with one attached hydrogen (secondary N) is 2. The molecule has 188 valence electrons. The molecule has 1 saturated heterocycles. The molecule has 0 radical (unpaired) electrons. The van der Waals surface area contributed by atoms with Crippen LogP contribution in [0.3, 0.4) is 0 Å². The van der Waals surface area contributed by atoms with E-state index in [1.165, 1.54) is 6.07 Å². The predicted molar refractivity (Wildman–Crippen MR) is 126 cm³/mol. The first kappa shape index (κ1) is 26.1. The van der Waals surface area contributed by atoms with Gasteiger partial charge in [0, 0.05) is 13.0 Å². The van der Waals surface area contributed by atoms with E-state index in [0.717, 1.165) is 11.8 Å². The highest BCUT2D eigenvalue weighted by molar-refractivity contribution is 7.86. The van der Waals surface area contributed by atoms with Gasteiger partial charge in [0.05, 0.1) is 12.9 Å². The molecule has 2 amide bonds. The Kier molecular flexibility index (Phi) is 8.10. The van der Waals surface area contributed by atoms with E-state index >= 15 is 0 Å². The van der Waals surface area contributed by atoms with E-state index in [-0.39, 0.29) is 25.3 Å². The third-order valence-corrected chi connectivity index (χ3v) is 5.89. The third kappa shape index (κ3) is 6.78. The van der Waals surface area contributed by atoms with Gasteiger partial charge in [-0.25, -0.2) is 4.79 Å². The summed E-state index contributed by atoms with van der Waals surface area (Å²) in [6, 6.07) is 12.3. The number of carboxylic acid groups (broad SMARTS) is 1. The quantitative estimate of drug-likeness (QED) is 0.271. The zero-order chi connectivity index (χ0) is 25.6. The highest BCUT2D eigenvalue weighted by Crippen LogP contribution is 2.25. The second kappa shape index (κ2) is 10.8. The van der Waals surface area contributed by atoms with Gasteiger partial charge in [-0.2, -0.15) is 8.42 Å². The Morgan fingerprint density at radius 2 is 1.91 bits per heavy atom. The maximum Gasteiger partial charge on any atom is 0.347 e. The predicted octanol–water partition coefficient (Wildman–Crippen LogP) is 0.0379. The summed E-state index contributed by atoms with van der Waals surface area (Å²) in [5, 5.41) is 15.0. The maximum absolute atomic E-state index is 12.9. The highest BCUT2D eigenvalue weighted by Gasteiger charge is 2.49. The topological polar surface area (TPSA) is 174 Å². The lowest BCUT2D eigenvalue weighted by atomic mass is 9.98. The molecule has 2 atom stereocenters. The van der Waals surface area contributed by atoms with Crippen molar-refractivity contribution in [3.8, 4) is 16.9 Å². The van der Waals surface area contributed by atoms with Crippen LogP contribution in [-0.4, -0.2) is 68.9 Å². The van der Waals surface area contributed by atoms with Gasteiger partial charge in [0.1, 0.15) is 11.8 Å². The molecule has 0 bridgehead atoms. The Morgan fingerprint density at radius 3 is 2.54 bits per heavy atom. The fourth-order valence-electron chi connectivity index (χ4n) is 3.61. The molecule has 0 aromatic heterocycles. The molecule has 5 N–H and O–H groups in total. The largest absolute Gasteiger partial charge is 0.479 e. The van der Waals surface area contributed by atoms with E-state index in [1.807, 2.05) is 0 Å². The Labute approximate surface area is 202 Å². The first-order chi connectivity index (χ1) is 16.5. The number of carbonyl (C=O) groups is 3. The summed E-state index contributed by atoms with van der Waals surface area (Å²) >= 11 is 0. The van der Waals surface area contributed by atoms with E-state index < -0.39 is 39.5 Å². The molecule has 1 aliphatic heterocycles. The first-order valence-corrected chi connectivity index (χ1v) is 12.6. The average molecular weight is 506 g/mol. The standard InChI is InChI=1S/C23H27N3O8S/c1-35(31,32)34-18-5-2-4-17(13-18)16-8-6-15(7-9-16)12-19(20(24)27)26-21(28)23(22(29)30)14-25-10-3-11-33-23/h2,4-9,13,19,25H,3,10-12,14H2,1H3,(H2,24,27)(H,26,28)(H,29,30)/t19-,23-/m0/s1. The number of hydrogen-bond donors (Lipinski definition) is 4. The van der Waals surface area contributed by atoms with Crippen LogP contribution in [0.25, 0.3) is 11.1 Å². The molecule has 1 fully saturated rings. The number of rotatable bonds is 9. The number of carboxylic acids is 1. The van der Waals surface area contributed by atoms with Crippen molar-refractivity contribution in [2.45, 2.75) is 24.5 Å². The lowest BCUT2D eigenvalue weighted by molar-refractivity contribution is -0.172.